The number of thiophene rings is 1. The van der Waals surface area contributed by atoms with Crippen molar-refractivity contribution in [1.29, 1.82) is 0 Å². The summed E-state index contributed by atoms with van der Waals surface area (Å²) >= 11 is 2.60. The van der Waals surface area contributed by atoms with E-state index in [9.17, 15) is 9.59 Å². The number of nitrogens with one attached hydrogen (secondary N) is 2. The van der Waals surface area contributed by atoms with E-state index in [0.29, 0.717) is 15.4 Å². The van der Waals surface area contributed by atoms with Gasteiger partial charge in [0, 0.05) is 5.56 Å². The third-order valence-corrected chi connectivity index (χ3v) is 4.86. The summed E-state index contributed by atoms with van der Waals surface area (Å²) in [6.07, 6.45) is 0. The molecule has 2 N–H and O–H groups in total. The molecule has 5 nitrogen and oxygen atoms in total. The lowest BCUT2D eigenvalue weighted by molar-refractivity contribution is 0.0851. The Kier molecular flexibility index (Phi) is 4.50. The molecule has 0 fully saturated rings. The molecule has 1 aromatic carbocycles. The van der Waals surface area contributed by atoms with E-state index >= 15 is 0 Å². The van der Waals surface area contributed by atoms with Crippen molar-refractivity contribution in [2.45, 2.75) is 6.92 Å². The van der Waals surface area contributed by atoms with E-state index < -0.39 is 0 Å². The van der Waals surface area contributed by atoms with Gasteiger partial charge in [0.05, 0.1) is 15.6 Å². The second-order valence-electron chi connectivity index (χ2n) is 4.66. The fourth-order valence-electron chi connectivity index (χ4n) is 2.01. The fourth-order valence-corrected chi connectivity index (χ4v) is 3.47. The minimum absolute atomic E-state index is 0.337. The number of carbonyl (C=O) groups is 2. The molecule has 0 radical (unpaired) electrons. The number of thiazole rings is 1. The summed E-state index contributed by atoms with van der Waals surface area (Å²) in [5.41, 5.74) is 6.36. The Hall–Kier alpha value is -2.51. The van der Waals surface area contributed by atoms with Gasteiger partial charge in [-0.15, -0.1) is 22.7 Å². The second kappa shape index (κ2) is 6.72. The molecule has 2 aromatic heterocycles. The molecule has 0 bridgehead atoms. The summed E-state index contributed by atoms with van der Waals surface area (Å²) in [5.74, 6) is -0.713. The number of rotatable bonds is 3. The number of hydrogen-bond acceptors (Lipinski definition) is 5. The van der Waals surface area contributed by atoms with Gasteiger partial charge in [-0.2, -0.15) is 0 Å². The highest BCUT2D eigenvalue weighted by Gasteiger charge is 2.19. The van der Waals surface area contributed by atoms with Crippen LogP contribution in [0.3, 0.4) is 0 Å². The van der Waals surface area contributed by atoms with E-state index in [4.69, 9.17) is 0 Å². The predicted octanol–water partition coefficient (Wildman–Crippen LogP) is 3.25. The Morgan fingerprint density at radius 3 is 2.43 bits per heavy atom. The highest BCUT2D eigenvalue weighted by atomic mass is 32.1. The van der Waals surface area contributed by atoms with Crippen molar-refractivity contribution in [3.63, 3.8) is 0 Å². The molecule has 0 aliphatic carbocycles. The maximum Gasteiger partial charge on any atom is 0.282 e. The number of aryl methyl sites for hydroxylation is 1. The monoisotopic (exact) mass is 343 g/mol. The summed E-state index contributed by atoms with van der Waals surface area (Å²) in [6.45, 7) is 1.85. The van der Waals surface area contributed by atoms with Crippen molar-refractivity contribution >= 4 is 34.5 Å². The smallest absolute Gasteiger partial charge is 0.266 e. The first kappa shape index (κ1) is 15.4. The van der Waals surface area contributed by atoms with E-state index in [1.165, 1.54) is 22.7 Å². The van der Waals surface area contributed by atoms with Gasteiger partial charge in [-0.25, -0.2) is 4.98 Å². The van der Waals surface area contributed by atoms with Gasteiger partial charge in [-0.3, -0.25) is 20.4 Å². The van der Waals surface area contributed by atoms with Crippen LogP contribution < -0.4 is 10.9 Å². The lowest BCUT2D eigenvalue weighted by Gasteiger charge is -2.06. The van der Waals surface area contributed by atoms with Gasteiger partial charge < -0.3 is 0 Å². The number of carbonyl (C=O) groups excluding carboxylic acids is 2. The molecule has 3 rings (SSSR count). The first-order valence-electron chi connectivity index (χ1n) is 6.82. The van der Waals surface area contributed by atoms with Crippen LogP contribution in [0.4, 0.5) is 0 Å². The van der Waals surface area contributed by atoms with Crippen molar-refractivity contribution in [2.24, 2.45) is 0 Å². The van der Waals surface area contributed by atoms with Crippen molar-refractivity contribution in [3.05, 3.63) is 62.6 Å². The van der Waals surface area contributed by atoms with E-state index in [-0.39, 0.29) is 11.8 Å². The zero-order valence-electron chi connectivity index (χ0n) is 12.2. The topological polar surface area (TPSA) is 71.1 Å². The molecule has 0 atom stereocenters. The molecule has 23 heavy (non-hydrogen) atoms. The largest absolute Gasteiger partial charge is 0.282 e. The van der Waals surface area contributed by atoms with E-state index in [0.717, 1.165) is 10.6 Å². The summed E-state index contributed by atoms with van der Waals surface area (Å²) in [5, 5.41) is 2.59. The van der Waals surface area contributed by atoms with Crippen molar-refractivity contribution in [1.82, 2.24) is 15.8 Å². The summed E-state index contributed by atoms with van der Waals surface area (Å²) in [4.78, 5) is 29.7. The predicted molar refractivity (Wildman–Crippen MR) is 91.5 cm³/mol. The molecule has 0 saturated carbocycles. The summed E-state index contributed by atoms with van der Waals surface area (Å²) in [7, 11) is 0. The Morgan fingerprint density at radius 1 is 1.00 bits per heavy atom. The zero-order valence-corrected chi connectivity index (χ0v) is 13.8. The molecule has 2 heterocycles. The quantitative estimate of drug-likeness (QED) is 0.717. The second-order valence-corrected chi connectivity index (χ2v) is 6.81. The van der Waals surface area contributed by atoms with Gasteiger partial charge >= 0.3 is 0 Å². The van der Waals surface area contributed by atoms with Crippen LogP contribution in [0.1, 0.15) is 24.4 Å². The van der Waals surface area contributed by atoms with Crippen LogP contribution in [-0.2, 0) is 0 Å². The number of hydrogen-bond donors (Lipinski definition) is 2. The normalized spacial score (nSPS) is 10.3. The van der Waals surface area contributed by atoms with Crippen LogP contribution in [0, 0.1) is 6.92 Å². The molecule has 0 aliphatic heterocycles. The molecule has 7 heteroatoms. The van der Waals surface area contributed by atoms with E-state index in [2.05, 4.69) is 15.8 Å². The van der Waals surface area contributed by atoms with E-state index in [1.807, 2.05) is 37.3 Å². The molecular formula is C16H13N3O2S2. The summed E-state index contributed by atoms with van der Waals surface area (Å²) < 4.78 is 0. The van der Waals surface area contributed by atoms with Crippen LogP contribution in [-0.4, -0.2) is 16.8 Å². The van der Waals surface area contributed by atoms with Crippen molar-refractivity contribution < 1.29 is 9.59 Å². The number of aromatic nitrogens is 1. The van der Waals surface area contributed by atoms with Crippen LogP contribution in [0.2, 0.25) is 0 Å². The van der Waals surface area contributed by atoms with Crippen LogP contribution in [0.25, 0.3) is 11.3 Å². The SMILES string of the molecule is Cc1nc(-c2ccccc2)c(C(=O)NNC(=O)c2cccs2)s1. The summed E-state index contributed by atoms with van der Waals surface area (Å²) in [6, 6.07) is 13.0. The molecular weight excluding hydrogens is 330 g/mol. The van der Waals surface area contributed by atoms with Gasteiger partial charge in [-0.1, -0.05) is 36.4 Å². The Labute approximate surface area is 141 Å². The minimum atomic E-state index is -0.376. The van der Waals surface area contributed by atoms with Crippen molar-refractivity contribution in [3.8, 4) is 11.3 Å². The standard InChI is InChI=1S/C16H13N3O2S2/c1-10-17-13(11-6-3-2-4-7-11)14(23-10)16(21)19-18-15(20)12-8-5-9-22-12/h2-9H,1H3,(H,18,20)(H,19,21). The zero-order chi connectivity index (χ0) is 16.2. The average molecular weight is 343 g/mol. The van der Waals surface area contributed by atoms with E-state index in [1.54, 1.807) is 17.5 Å². The van der Waals surface area contributed by atoms with Gasteiger partial charge in [0.1, 0.15) is 4.88 Å². The Balaban J connectivity index is 1.77. The highest BCUT2D eigenvalue weighted by Crippen LogP contribution is 2.27. The Bertz CT molecular complexity index is 826. The first-order chi connectivity index (χ1) is 11.1. The molecule has 0 aliphatic rings. The molecule has 116 valence electrons. The van der Waals surface area contributed by atoms with Gasteiger partial charge in [0.2, 0.25) is 0 Å². The molecule has 0 saturated heterocycles. The molecule has 3 aromatic rings. The Morgan fingerprint density at radius 2 is 1.74 bits per heavy atom. The molecule has 2 amide bonds. The third kappa shape index (κ3) is 3.46. The van der Waals surface area contributed by atoms with Gasteiger partial charge in [0.25, 0.3) is 11.8 Å². The average Bonchev–Trinajstić information content (AvgIpc) is 3.22. The highest BCUT2D eigenvalue weighted by molar-refractivity contribution is 7.14. The number of benzene rings is 1. The number of nitrogens with zero attached hydrogens (tertiary/aromatic N) is 1. The third-order valence-electron chi connectivity index (χ3n) is 3.02. The van der Waals surface area contributed by atoms with Gasteiger partial charge in [-0.05, 0) is 18.4 Å². The fraction of sp³-hybridized carbons (Fsp3) is 0.0625. The van der Waals surface area contributed by atoms with Crippen LogP contribution >= 0.6 is 22.7 Å². The maximum absolute atomic E-state index is 12.4. The van der Waals surface area contributed by atoms with Gasteiger partial charge in [0.15, 0.2) is 0 Å². The molecule has 0 unspecified atom stereocenters. The minimum Gasteiger partial charge on any atom is -0.266 e. The lowest BCUT2D eigenvalue weighted by atomic mass is 10.1. The number of amides is 2. The molecule has 0 spiro atoms. The lowest BCUT2D eigenvalue weighted by Crippen LogP contribution is -2.41. The maximum atomic E-state index is 12.4. The van der Waals surface area contributed by atoms with Crippen LogP contribution in [0.5, 0.6) is 0 Å². The first-order valence-corrected chi connectivity index (χ1v) is 8.52. The van der Waals surface area contributed by atoms with Crippen molar-refractivity contribution in [2.75, 3.05) is 0 Å². The number of hydrazine groups is 1. The van der Waals surface area contributed by atoms with Crippen LogP contribution in [0.15, 0.2) is 47.8 Å².